The van der Waals surface area contributed by atoms with Crippen LogP contribution in [0.3, 0.4) is 0 Å². The first-order chi connectivity index (χ1) is 27.1. The Balaban J connectivity index is 1.31. The Bertz CT molecular complexity index is 2100. The minimum absolute atomic E-state index is 0.0269. The van der Waals surface area contributed by atoms with Gasteiger partial charge in [0.2, 0.25) is 0 Å². The van der Waals surface area contributed by atoms with Crippen molar-refractivity contribution >= 4 is 36.2 Å². The number of ether oxygens (including phenoxy) is 3. The summed E-state index contributed by atoms with van der Waals surface area (Å²) in [6.07, 6.45) is 4.79. The zero-order valence-corrected chi connectivity index (χ0v) is 36.0. The number of ketones is 1. The molecule has 56 heavy (non-hydrogen) atoms. The van der Waals surface area contributed by atoms with Gasteiger partial charge in [0, 0.05) is 50.3 Å². The van der Waals surface area contributed by atoms with Gasteiger partial charge >= 0.3 is 0 Å². The number of thiophene rings is 1. The van der Waals surface area contributed by atoms with Crippen LogP contribution in [0.5, 0.6) is 17.2 Å². The van der Waals surface area contributed by atoms with Crippen molar-refractivity contribution in [1.29, 1.82) is 0 Å². The van der Waals surface area contributed by atoms with E-state index in [0.29, 0.717) is 24.3 Å². The highest BCUT2D eigenvalue weighted by Crippen LogP contribution is 2.46. The molecule has 0 aliphatic carbocycles. The molecule has 2 saturated heterocycles. The van der Waals surface area contributed by atoms with Crippen molar-refractivity contribution in [3.63, 3.8) is 0 Å². The number of likely N-dealkylation sites (tertiary alicyclic amines) is 2. The minimum atomic E-state index is -1.45. The SMILES string of the molecule is COc1cc(C(=O)c2c(-c3ccc(OCCN4CCCC4)c(C(O[SiH](C)C)C(C)(C)C)c3)sc3cc(OCc4ccccc4)ccc23)ccc1CN1CCCC1. The van der Waals surface area contributed by atoms with Gasteiger partial charge in [0.1, 0.15) is 30.5 Å². The maximum absolute atomic E-state index is 15.0. The first-order valence-electron chi connectivity index (χ1n) is 20.4. The van der Waals surface area contributed by atoms with Crippen molar-refractivity contribution in [2.75, 3.05) is 46.4 Å². The maximum atomic E-state index is 15.0. The van der Waals surface area contributed by atoms with Crippen LogP contribution in [0.4, 0.5) is 0 Å². The molecule has 4 aromatic carbocycles. The number of rotatable bonds is 16. The van der Waals surface area contributed by atoms with E-state index in [4.69, 9.17) is 18.6 Å². The first kappa shape index (κ1) is 40.2. The van der Waals surface area contributed by atoms with Crippen LogP contribution < -0.4 is 14.2 Å². The molecule has 0 bridgehead atoms. The molecular weight excluding hydrogens is 733 g/mol. The van der Waals surface area contributed by atoms with E-state index in [9.17, 15) is 4.79 Å². The average Bonchev–Trinajstić information content (AvgIpc) is 3.98. The molecule has 7 rings (SSSR count). The molecule has 3 heterocycles. The van der Waals surface area contributed by atoms with Gasteiger partial charge in [-0.25, -0.2) is 0 Å². The molecule has 0 amide bonds. The summed E-state index contributed by atoms with van der Waals surface area (Å²) in [5.41, 5.74) is 5.34. The number of hydrogen-bond donors (Lipinski definition) is 0. The van der Waals surface area contributed by atoms with E-state index in [0.717, 1.165) is 93.7 Å². The fourth-order valence-electron chi connectivity index (χ4n) is 8.01. The van der Waals surface area contributed by atoms with Gasteiger partial charge in [-0.1, -0.05) is 63.2 Å². The van der Waals surface area contributed by atoms with Crippen LogP contribution in [0.1, 0.15) is 85.2 Å². The molecule has 0 saturated carbocycles. The van der Waals surface area contributed by atoms with Crippen molar-refractivity contribution in [3.05, 3.63) is 113 Å². The number of nitrogens with zero attached hydrogens (tertiary/aromatic N) is 2. The number of hydrogen-bond acceptors (Lipinski definition) is 8. The van der Waals surface area contributed by atoms with E-state index in [1.165, 1.54) is 25.7 Å². The molecule has 0 spiro atoms. The number of carbonyl (C=O) groups is 1. The molecule has 9 heteroatoms. The second-order valence-corrected chi connectivity index (χ2v) is 20.1. The third-order valence-corrected chi connectivity index (χ3v) is 12.9. The van der Waals surface area contributed by atoms with Gasteiger partial charge in [-0.05, 0) is 124 Å². The van der Waals surface area contributed by atoms with Gasteiger partial charge in [-0.2, -0.15) is 0 Å². The highest BCUT2D eigenvalue weighted by Gasteiger charge is 2.32. The summed E-state index contributed by atoms with van der Waals surface area (Å²) in [7, 11) is 0.250. The van der Waals surface area contributed by atoms with Crippen LogP contribution in [0, 0.1) is 5.41 Å². The third kappa shape index (κ3) is 9.57. The van der Waals surface area contributed by atoms with Crippen LogP contribution in [0.25, 0.3) is 20.5 Å². The predicted molar refractivity (Wildman–Crippen MR) is 232 cm³/mol. The summed E-state index contributed by atoms with van der Waals surface area (Å²) < 4.78 is 26.6. The fraction of sp³-hybridized carbons (Fsp3) is 0.426. The van der Waals surface area contributed by atoms with Crippen molar-refractivity contribution < 1.29 is 23.4 Å². The molecule has 2 aliphatic rings. The van der Waals surface area contributed by atoms with Crippen molar-refractivity contribution in [3.8, 4) is 27.7 Å². The van der Waals surface area contributed by atoms with Crippen molar-refractivity contribution in [2.24, 2.45) is 5.41 Å². The third-order valence-electron chi connectivity index (χ3n) is 10.9. The normalized spacial score (nSPS) is 15.8. The number of methoxy groups -OCH3 is 1. The molecule has 1 aromatic heterocycles. The Labute approximate surface area is 339 Å². The lowest BCUT2D eigenvalue weighted by Gasteiger charge is -2.34. The van der Waals surface area contributed by atoms with E-state index in [1.54, 1.807) is 18.4 Å². The summed E-state index contributed by atoms with van der Waals surface area (Å²) in [4.78, 5) is 20.8. The number of benzene rings is 4. The summed E-state index contributed by atoms with van der Waals surface area (Å²) in [5.74, 6) is 2.35. The fourth-order valence-corrected chi connectivity index (χ4v) is 10.3. The molecule has 7 nitrogen and oxygen atoms in total. The summed E-state index contributed by atoms with van der Waals surface area (Å²) in [6.45, 7) is 18.4. The highest BCUT2D eigenvalue weighted by molar-refractivity contribution is 7.22. The Kier molecular flexibility index (Phi) is 13.0. The van der Waals surface area contributed by atoms with Gasteiger partial charge in [0.05, 0.1) is 13.2 Å². The Hall–Kier alpha value is -3.99. The van der Waals surface area contributed by atoms with E-state index < -0.39 is 9.04 Å². The zero-order chi connectivity index (χ0) is 39.2. The lowest BCUT2D eigenvalue weighted by molar-refractivity contribution is 0.0828. The van der Waals surface area contributed by atoms with E-state index in [2.05, 4.69) is 86.1 Å². The second kappa shape index (κ2) is 18.1. The van der Waals surface area contributed by atoms with Crippen LogP contribution in [-0.4, -0.2) is 71.1 Å². The first-order valence-corrected chi connectivity index (χ1v) is 24.0. The molecule has 1 atom stereocenters. The monoisotopic (exact) mass is 790 g/mol. The molecular formula is C47H58N2O5SSi. The number of carbonyl (C=O) groups excluding carboxylic acids is 1. The molecule has 0 N–H and O–H groups in total. The largest absolute Gasteiger partial charge is 0.496 e. The summed E-state index contributed by atoms with van der Waals surface area (Å²) >= 11 is 1.63. The topological polar surface area (TPSA) is 60.5 Å². The van der Waals surface area contributed by atoms with Gasteiger partial charge in [-0.3, -0.25) is 14.6 Å². The van der Waals surface area contributed by atoms with Crippen molar-refractivity contribution in [1.82, 2.24) is 9.80 Å². The zero-order valence-electron chi connectivity index (χ0n) is 34.1. The lowest BCUT2D eigenvalue weighted by atomic mass is 9.83. The van der Waals surface area contributed by atoms with E-state index in [1.807, 2.05) is 42.5 Å². The molecule has 296 valence electrons. The summed E-state index contributed by atoms with van der Waals surface area (Å²) in [5, 5.41) is 0.910. The molecule has 1 unspecified atom stereocenters. The number of fused-ring (bicyclic) bond motifs is 1. The molecule has 5 aromatic rings. The van der Waals surface area contributed by atoms with Crippen molar-refractivity contribution in [2.45, 2.75) is 78.8 Å². The Morgan fingerprint density at radius 1 is 0.821 bits per heavy atom. The van der Waals surface area contributed by atoms with E-state index in [-0.39, 0.29) is 17.3 Å². The van der Waals surface area contributed by atoms with Gasteiger partial charge in [0.15, 0.2) is 14.8 Å². The quantitative estimate of drug-likeness (QED) is 0.0729. The minimum Gasteiger partial charge on any atom is -0.496 e. The Morgan fingerprint density at radius 2 is 1.55 bits per heavy atom. The molecule has 0 radical (unpaired) electrons. The summed E-state index contributed by atoms with van der Waals surface area (Å²) in [6, 6.07) is 28.7. The highest BCUT2D eigenvalue weighted by atomic mass is 32.1. The lowest BCUT2D eigenvalue weighted by Crippen LogP contribution is -2.28. The van der Waals surface area contributed by atoms with Crippen LogP contribution in [0.15, 0.2) is 84.9 Å². The van der Waals surface area contributed by atoms with Crippen LogP contribution in [-0.2, 0) is 17.6 Å². The maximum Gasteiger partial charge on any atom is 0.195 e. The molecule has 2 fully saturated rings. The van der Waals surface area contributed by atoms with E-state index >= 15 is 0 Å². The predicted octanol–water partition coefficient (Wildman–Crippen LogP) is 10.5. The van der Waals surface area contributed by atoms with Gasteiger partial charge < -0.3 is 18.6 Å². The Morgan fingerprint density at radius 3 is 2.25 bits per heavy atom. The van der Waals surface area contributed by atoms with Crippen LogP contribution >= 0.6 is 11.3 Å². The van der Waals surface area contributed by atoms with Gasteiger partial charge in [-0.15, -0.1) is 11.3 Å². The average molecular weight is 791 g/mol. The van der Waals surface area contributed by atoms with Gasteiger partial charge in [0.25, 0.3) is 0 Å². The standard InChI is InChI=1S/C47H58N2O5SSi/c1-47(2,3)46(54-56(5)6)39-28-35(18-21-40(39)52-27-26-48-22-10-11-23-48)45-43(38-20-19-37(30-42(38)55-45)53-32-33-14-8-7-9-15-33)44(50)34-16-17-36(41(29-34)51-4)31-49-24-12-13-25-49/h7-9,14-21,28-30,46,56H,10-13,22-27,31-32H2,1-6H3. The second-order valence-electron chi connectivity index (χ2n) is 16.7. The smallest absolute Gasteiger partial charge is 0.195 e. The molecule has 2 aliphatic heterocycles. The van der Waals surface area contributed by atoms with Crippen LogP contribution in [0.2, 0.25) is 13.1 Å².